The second kappa shape index (κ2) is 6.88. The van der Waals surface area contributed by atoms with Crippen molar-refractivity contribution in [1.82, 2.24) is 10.6 Å². The van der Waals surface area contributed by atoms with Gasteiger partial charge in [0.1, 0.15) is 0 Å². The molecule has 0 bridgehead atoms. The van der Waals surface area contributed by atoms with E-state index in [-0.39, 0.29) is 24.3 Å². The van der Waals surface area contributed by atoms with Crippen molar-refractivity contribution < 1.29 is 19.5 Å². The van der Waals surface area contributed by atoms with E-state index in [0.29, 0.717) is 24.9 Å². The monoisotopic (exact) mass is 290 g/mol. The Bertz CT molecular complexity index is 520. The number of carboxylic acid groups (broad SMARTS) is 1. The van der Waals surface area contributed by atoms with Crippen molar-refractivity contribution in [2.24, 2.45) is 5.92 Å². The van der Waals surface area contributed by atoms with Gasteiger partial charge in [-0.15, -0.1) is 0 Å². The molecule has 6 heteroatoms. The number of nitrogens with one attached hydrogen (secondary N) is 2. The number of rotatable bonds is 5. The molecule has 1 aromatic carbocycles. The van der Waals surface area contributed by atoms with Crippen LogP contribution in [-0.2, 0) is 14.4 Å². The van der Waals surface area contributed by atoms with Gasteiger partial charge in [-0.3, -0.25) is 14.4 Å². The zero-order chi connectivity index (χ0) is 15.2. The summed E-state index contributed by atoms with van der Waals surface area (Å²) >= 11 is 0. The molecular weight excluding hydrogens is 272 g/mol. The molecule has 0 spiro atoms. The molecule has 1 aliphatic rings. The Morgan fingerprint density at radius 3 is 2.62 bits per heavy atom. The molecule has 1 aliphatic heterocycles. The van der Waals surface area contributed by atoms with Gasteiger partial charge >= 0.3 is 5.97 Å². The van der Waals surface area contributed by atoms with Crippen LogP contribution in [0.15, 0.2) is 30.3 Å². The maximum absolute atomic E-state index is 12.0. The van der Waals surface area contributed by atoms with Gasteiger partial charge in [-0.25, -0.2) is 0 Å². The van der Waals surface area contributed by atoms with E-state index in [0.717, 1.165) is 0 Å². The second-order valence-corrected chi connectivity index (χ2v) is 5.09. The predicted octanol–water partition coefficient (Wildman–Crippen LogP) is 0.497. The van der Waals surface area contributed by atoms with Gasteiger partial charge in [0.2, 0.25) is 11.8 Å². The highest BCUT2D eigenvalue weighted by atomic mass is 16.4. The molecule has 3 N–H and O–H groups in total. The Labute approximate surface area is 122 Å². The van der Waals surface area contributed by atoms with Gasteiger partial charge in [-0.2, -0.15) is 0 Å². The molecule has 1 heterocycles. The van der Waals surface area contributed by atoms with Gasteiger partial charge in [0.25, 0.3) is 0 Å². The highest BCUT2D eigenvalue weighted by Crippen LogP contribution is 2.16. The lowest BCUT2D eigenvalue weighted by Crippen LogP contribution is -2.44. The molecule has 2 atom stereocenters. The molecule has 6 nitrogen and oxygen atoms in total. The van der Waals surface area contributed by atoms with Crippen molar-refractivity contribution in [3.05, 3.63) is 35.9 Å². The molecule has 0 aliphatic carbocycles. The lowest BCUT2D eigenvalue weighted by Gasteiger charge is -2.22. The average molecular weight is 290 g/mol. The summed E-state index contributed by atoms with van der Waals surface area (Å²) in [7, 11) is 0. The van der Waals surface area contributed by atoms with Crippen LogP contribution in [0.3, 0.4) is 0 Å². The molecule has 2 amide bonds. The molecule has 0 aromatic heterocycles. The van der Waals surface area contributed by atoms with Crippen LogP contribution in [0.4, 0.5) is 0 Å². The highest BCUT2D eigenvalue weighted by Gasteiger charge is 2.26. The van der Waals surface area contributed by atoms with Crippen molar-refractivity contribution in [2.75, 3.05) is 13.1 Å². The molecule has 1 saturated heterocycles. The Balaban J connectivity index is 1.92. The number of carboxylic acids is 1. The fourth-order valence-corrected chi connectivity index (χ4v) is 2.34. The number of hydrogen-bond donors (Lipinski definition) is 3. The SMILES string of the molecule is O=C1CCC(C(=O)NCC(C(=O)O)c2ccccc2)CN1. The first kappa shape index (κ1) is 15.0. The molecule has 21 heavy (non-hydrogen) atoms. The maximum Gasteiger partial charge on any atom is 0.312 e. The van der Waals surface area contributed by atoms with Crippen LogP contribution in [0.25, 0.3) is 0 Å². The van der Waals surface area contributed by atoms with Gasteiger partial charge in [0.05, 0.1) is 11.8 Å². The Kier molecular flexibility index (Phi) is 4.92. The third-order valence-corrected chi connectivity index (χ3v) is 3.62. The first-order chi connectivity index (χ1) is 10.1. The van der Waals surface area contributed by atoms with Gasteiger partial charge in [0.15, 0.2) is 0 Å². The first-order valence-electron chi connectivity index (χ1n) is 6.90. The summed E-state index contributed by atoms with van der Waals surface area (Å²) < 4.78 is 0. The molecule has 112 valence electrons. The summed E-state index contributed by atoms with van der Waals surface area (Å²) in [6, 6.07) is 8.80. The molecule has 0 radical (unpaired) electrons. The Hall–Kier alpha value is -2.37. The van der Waals surface area contributed by atoms with E-state index in [1.165, 1.54) is 0 Å². The van der Waals surface area contributed by atoms with Crippen molar-refractivity contribution in [3.8, 4) is 0 Å². The fourth-order valence-electron chi connectivity index (χ4n) is 2.34. The van der Waals surface area contributed by atoms with Crippen LogP contribution in [0, 0.1) is 5.92 Å². The summed E-state index contributed by atoms with van der Waals surface area (Å²) in [6.45, 7) is 0.358. The van der Waals surface area contributed by atoms with Crippen LogP contribution < -0.4 is 10.6 Å². The standard InChI is InChI=1S/C15H18N2O4/c18-13-7-6-11(8-16-13)14(19)17-9-12(15(20)21)10-4-2-1-3-5-10/h1-5,11-12H,6-9H2,(H,16,18)(H,17,19)(H,20,21). The fraction of sp³-hybridized carbons (Fsp3) is 0.400. The molecule has 2 rings (SSSR count). The summed E-state index contributed by atoms with van der Waals surface area (Å²) in [6.07, 6.45) is 0.833. The van der Waals surface area contributed by atoms with Crippen LogP contribution >= 0.6 is 0 Å². The van der Waals surface area contributed by atoms with E-state index in [4.69, 9.17) is 0 Å². The van der Waals surface area contributed by atoms with Gasteiger partial charge in [-0.1, -0.05) is 30.3 Å². The van der Waals surface area contributed by atoms with E-state index in [2.05, 4.69) is 10.6 Å². The van der Waals surface area contributed by atoms with E-state index in [1.807, 2.05) is 6.07 Å². The van der Waals surface area contributed by atoms with E-state index in [1.54, 1.807) is 24.3 Å². The molecule has 0 saturated carbocycles. The molecule has 1 aromatic rings. The van der Waals surface area contributed by atoms with Gasteiger partial charge < -0.3 is 15.7 Å². The number of carbonyl (C=O) groups excluding carboxylic acids is 2. The van der Waals surface area contributed by atoms with Crippen LogP contribution in [-0.4, -0.2) is 36.0 Å². The first-order valence-corrected chi connectivity index (χ1v) is 6.90. The third-order valence-electron chi connectivity index (χ3n) is 3.62. The molecular formula is C15H18N2O4. The normalized spacial score (nSPS) is 19.4. The number of benzene rings is 1. The Morgan fingerprint density at radius 1 is 1.33 bits per heavy atom. The second-order valence-electron chi connectivity index (χ2n) is 5.09. The number of piperidine rings is 1. The van der Waals surface area contributed by atoms with Crippen molar-refractivity contribution >= 4 is 17.8 Å². The number of aliphatic carboxylic acids is 1. The number of carbonyl (C=O) groups is 3. The largest absolute Gasteiger partial charge is 0.481 e. The van der Waals surface area contributed by atoms with Crippen molar-refractivity contribution in [1.29, 1.82) is 0 Å². The van der Waals surface area contributed by atoms with E-state index < -0.39 is 11.9 Å². The number of amides is 2. The van der Waals surface area contributed by atoms with Gasteiger partial charge in [0, 0.05) is 19.5 Å². The summed E-state index contributed by atoms with van der Waals surface area (Å²) in [5.41, 5.74) is 0.655. The molecule has 1 fully saturated rings. The quantitative estimate of drug-likeness (QED) is 0.735. The van der Waals surface area contributed by atoms with Crippen LogP contribution in [0.2, 0.25) is 0 Å². The van der Waals surface area contributed by atoms with E-state index >= 15 is 0 Å². The maximum atomic E-state index is 12.0. The van der Waals surface area contributed by atoms with Crippen molar-refractivity contribution in [3.63, 3.8) is 0 Å². The topological polar surface area (TPSA) is 95.5 Å². The zero-order valence-corrected chi connectivity index (χ0v) is 11.5. The Morgan fingerprint density at radius 2 is 2.05 bits per heavy atom. The highest BCUT2D eigenvalue weighted by molar-refractivity contribution is 5.84. The minimum atomic E-state index is -0.974. The number of hydrogen-bond acceptors (Lipinski definition) is 3. The lowest BCUT2D eigenvalue weighted by molar-refractivity contribution is -0.138. The average Bonchev–Trinajstić information content (AvgIpc) is 2.48. The zero-order valence-electron chi connectivity index (χ0n) is 11.5. The summed E-state index contributed by atoms with van der Waals surface area (Å²) in [5, 5.41) is 14.6. The van der Waals surface area contributed by atoms with E-state index in [9.17, 15) is 19.5 Å². The smallest absolute Gasteiger partial charge is 0.312 e. The predicted molar refractivity (Wildman–Crippen MR) is 75.6 cm³/mol. The molecule has 2 unspecified atom stereocenters. The van der Waals surface area contributed by atoms with Crippen molar-refractivity contribution in [2.45, 2.75) is 18.8 Å². The van der Waals surface area contributed by atoms with Crippen LogP contribution in [0.5, 0.6) is 0 Å². The minimum absolute atomic E-state index is 0.0443. The third kappa shape index (κ3) is 4.05. The summed E-state index contributed by atoms with van der Waals surface area (Å²) in [5.74, 6) is -2.29. The van der Waals surface area contributed by atoms with Crippen LogP contribution in [0.1, 0.15) is 24.3 Å². The lowest BCUT2D eigenvalue weighted by atomic mass is 9.96. The summed E-state index contributed by atoms with van der Waals surface area (Å²) in [4.78, 5) is 34.4. The van der Waals surface area contributed by atoms with Gasteiger partial charge in [-0.05, 0) is 12.0 Å². The minimum Gasteiger partial charge on any atom is -0.481 e.